The van der Waals surface area contributed by atoms with Crippen molar-refractivity contribution in [1.29, 1.82) is 0 Å². The summed E-state index contributed by atoms with van der Waals surface area (Å²) in [5.74, 6) is 0.465. The van der Waals surface area contributed by atoms with E-state index in [-0.39, 0.29) is 5.91 Å². The van der Waals surface area contributed by atoms with E-state index in [2.05, 4.69) is 10.3 Å². The van der Waals surface area contributed by atoms with E-state index >= 15 is 0 Å². The van der Waals surface area contributed by atoms with Gasteiger partial charge in [0.05, 0.1) is 0 Å². The second-order valence-electron chi connectivity index (χ2n) is 5.02. The summed E-state index contributed by atoms with van der Waals surface area (Å²) in [6, 6.07) is 9.44. The number of nitrogens with one attached hydrogen (secondary N) is 1. The van der Waals surface area contributed by atoms with Crippen molar-refractivity contribution in [1.82, 2.24) is 4.98 Å². The maximum Gasteiger partial charge on any atom is 0.256 e. The van der Waals surface area contributed by atoms with Gasteiger partial charge in [0, 0.05) is 31.5 Å². The normalized spacial score (nSPS) is 10.2. The molecule has 1 aromatic heterocycles. The van der Waals surface area contributed by atoms with Crippen molar-refractivity contribution in [2.45, 2.75) is 13.8 Å². The highest BCUT2D eigenvalue weighted by Gasteiger charge is 2.10. The van der Waals surface area contributed by atoms with Crippen LogP contribution in [0.4, 0.5) is 11.5 Å². The van der Waals surface area contributed by atoms with Crippen LogP contribution in [0.5, 0.6) is 0 Å². The average Bonchev–Trinajstić information content (AvgIpc) is 2.40. The first-order valence-electron chi connectivity index (χ1n) is 6.50. The molecule has 1 amide bonds. The molecule has 2 aromatic rings. The zero-order valence-corrected chi connectivity index (χ0v) is 12.3. The van der Waals surface area contributed by atoms with E-state index in [0.29, 0.717) is 11.4 Å². The van der Waals surface area contributed by atoms with E-state index in [4.69, 9.17) is 0 Å². The predicted octanol–water partition coefficient (Wildman–Crippen LogP) is 3.02. The van der Waals surface area contributed by atoms with Gasteiger partial charge in [-0.3, -0.25) is 4.79 Å². The van der Waals surface area contributed by atoms with E-state index in [1.807, 2.05) is 63.2 Å². The van der Waals surface area contributed by atoms with Gasteiger partial charge < -0.3 is 10.2 Å². The molecule has 4 nitrogen and oxygen atoms in total. The van der Waals surface area contributed by atoms with Crippen LogP contribution in [-0.2, 0) is 0 Å². The third-order valence-corrected chi connectivity index (χ3v) is 3.18. The first kappa shape index (κ1) is 14.1. The van der Waals surface area contributed by atoms with Gasteiger partial charge in [-0.05, 0) is 49.2 Å². The summed E-state index contributed by atoms with van der Waals surface area (Å²) in [4.78, 5) is 18.4. The van der Waals surface area contributed by atoms with Crippen molar-refractivity contribution >= 4 is 17.4 Å². The fourth-order valence-corrected chi connectivity index (χ4v) is 2.09. The number of carbonyl (C=O) groups is 1. The monoisotopic (exact) mass is 269 g/mol. The van der Waals surface area contributed by atoms with E-state index in [1.165, 1.54) is 0 Å². The second kappa shape index (κ2) is 5.74. The highest BCUT2D eigenvalue weighted by molar-refractivity contribution is 6.04. The summed E-state index contributed by atoms with van der Waals surface area (Å²) in [5, 5.41) is 2.84. The van der Waals surface area contributed by atoms with Crippen LogP contribution < -0.4 is 10.2 Å². The molecule has 1 aromatic carbocycles. The number of hydrogen-bond acceptors (Lipinski definition) is 3. The number of hydrogen-bond donors (Lipinski definition) is 1. The molecule has 4 heteroatoms. The summed E-state index contributed by atoms with van der Waals surface area (Å²) in [6.07, 6.45) is 1.67. The minimum atomic E-state index is -0.139. The number of nitrogens with zero attached hydrogens (tertiary/aromatic N) is 2. The van der Waals surface area contributed by atoms with Gasteiger partial charge in [0.15, 0.2) is 0 Å². The van der Waals surface area contributed by atoms with Gasteiger partial charge in [-0.25, -0.2) is 4.98 Å². The van der Waals surface area contributed by atoms with Crippen molar-refractivity contribution in [3.05, 3.63) is 53.2 Å². The minimum Gasteiger partial charge on any atom is -0.377 e. The highest BCUT2D eigenvalue weighted by Crippen LogP contribution is 2.20. The van der Waals surface area contributed by atoms with Crippen LogP contribution in [0.25, 0.3) is 0 Å². The van der Waals surface area contributed by atoms with Crippen LogP contribution in [-0.4, -0.2) is 25.0 Å². The second-order valence-corrected chi connectivity index (χ2v) is 5.02. The third-order valence-electron chi connectivity index (χ3n) is 3.18. The first-order chi connectivity index (χ1) is 9.49. The van der Waals surface area contributed by atoms with E-state index in [1.54, 1.807) is 6.20 Å². The van der Waals surface area contributed by atoms with E-state index < -0.39 is 0 Å². The van der Waals surface area contributed by atoms with Crippen LogP contribution in [0, 0.1) is 13.8 Å². The van der Waals surface area contributed by atoms with Gasteiger partial charge >= 0.3 is 0 Å². The molecule has 0 saturated heterocycles. The molecule has 0 bridgehead atoms. The SMILES string of the molecule is Cc1cc(C(=O)Nc2ncccc2C)ccc1N(C)C. The Balaban J connectivity index is 2.22. The summed E-state index contributed by atoms with van der Waals surface area (Å²) < 4.78 is 0. The van der Waals surface area contributed by atoms with Gasteiger partial charge in [0.1, 0.15) is 5.82 Å². The van der Waals surface area contributed by atoms with Crippen molar-refractivity contribution in [3.8, 4) is 0 Å². The number of amides is 1. The van der Waals surface area contributed by atoms with Gasteiger partial charge in [-0.15, -0.1) is 0 Å². The van der Waals surface area contributed by atoms with Crippen molar-refractivity contribution in [2.24, 2.45) is 0 Å². The molecule has 0 aliphatic rings. The molecule has 104 valence electrons. The lowest BCUT2D eigenvalue weighted by Crippen LogP contribution is -2.15. The number of aromatic nitrogens is 1. The number of benzene rings is 1. The number of aryl methyl sites for hydroxylation is 2. The molecule has 1 N–H and O–H groups in total. The minimum absolute atomic E-state index is 0.139. The molecule has 0 spiro atoms. The van der Waals surface area contributed by atoms with Gasteiger partial charge in [-0.2, -0.15) is 0 Å². The Morgan fingerprint density at radius 2 is 1.90 bits per heavy atom. The molecule has 1 heterocycles. The predicted molar refractivity (Wildman–Crippen MR) is 82.4 cm³/mol. The quantitative estimate of drug-likeness (QED) is 0.931. The molecule has 0 atom stereocenters. The maximum absolute atomic E-state index is 12.2. The molecule has 0 radical (unpaired) electrons. The molecular formula is C16H19N3O. The number of anilines is 2. The number of carbonyl (C=O) groups excluding carboxylic acids is 1. The standard InChI is InChI=1S/C16H19N3O/c1-11-6-5-9-17-15(11)18-16(20)13-7-8-14(19(3)4)12(2)10-13/h5-10H,1-4H3,(H,17,18,20). The lowest BCUT2D eigenvalue weighted by atomic mass is 10.1. The molecule has 2 rings (SSSR count). The highest BCUT2D eigenvalue weighted by atomic mass is 16.1. The van der Waals surface area contributed by atoms with Crippen LogP contribution in [0.2, 0.25) is 0 Å². The lowest BCUT2D eigenvalue weighted by molar-refractivity contribution is 0.102. The molecule has 20 heavy (non-hydrogen) atoms. The van der Waals surface area contributed by atoms with Crippen molar-refractivity contribution < 1.29 is 4.79 Å². The zero-order valence-electron chi connectivity index (χ0n) is 12.3. The van der Waals surface area contributed by atoms with Crippen LogP contribution in [0.15, 0.2) is 36.5 Å². The van der Waals surface area contributed by atoms with Gasteiger partial charge in [-0.1, -0.05) is 6.07 Å². The first-order valence-corrected chi connectivity index (χ1v) is 6.50. The Bertz CT molecular complexity index is 635. The van der Waals surface area contributed by atoms with Crippen molar-refractivity contribution in [2.75, 3.05) is 24.3 Å². The summed E-state index contributed by atoms with van der Waals surface area (Å²) in [5.41, 5.74) is 3.76. The Morgan fingerprint density at radius 1 is 1.15 bits per heavy atom. The Hall–Kier alpha value is -2.36. The number of pyridine rings is 1. The Labute approximate surface area is 119 Å². The lowest BCUT2D eigenvalue weighted by Gasteiger charge is -2.16. The Kier molecular flexibility index (Phi) is 4.03. The summed E-state index contributed by atoms with van der Waals surface area (Å²) in [7, 11) is 3.97. The maximum atomic E-state index is 12.2. The van der Waals surface area contributed by atoms with Crippen LogP contribution in [0.1, 0.15) is 21.5 Å². The Morgan fingerprint density at radius 3 is 2.50 bits per heavy atom. The molecule has 0 aliphatic carbocycles. The fourth-order valence-electron chi connectivity index (χ4n) is 2.09. The molecule has 0 fully saturated rings. The number of rotatable bonds is 3. The molecule has 0 saturated carbocycles. The molecule has 0 unspecified atom stereocenters. The smallest absolute Gasteiger partial charge is 0.256 e. The zero-order chi connectivity index (χ0) is 14.7. The topological polar surface area (TPSA) is 45.2 Å². The molecule has 0 aliphatic heterocycles. The summed E-state index contributed by atoms with van der Waals surface area (Å²) in [6.45, 7) is 3.92. The van der Waals surface area contributed by atoms with Gasteiger partial charge in [0.25, 0.3) is 5.91 Å². The van der Waals surface area contributed by atoms with Crippen LogP contribution in [0.3, 0.4) is 0 Å². The average molecular weight is 269 g/mol. The molecular weight excluding hydrogens is 250 g/mol. The fraction of sp³-hybridized carbons (Fsp3) is 0.250. The van der Waals surface area contributed by atoms with Crippen LogP contribution >= 0.6 is 0 Å². The summed E-state index contributed by atoms with van der Waals surface area (Å²) >= 11 is 0. The largest absolute Gasteiger partial charge is 0.377 e. The van der Waals surface area contributed by atoms with Crippen molar-refractivity contribution in [3.63, 3.8) is 0 Å². The van der Waals surface area contributed by atoms with E-state index in [9.17, 15) is 4.79 Å². The van der Waals surface area contributed by atoms with Gasteiger partial charge in [0.2, 0.25) is 0 Å². The third kappa shape index (κ3) is 2.96. The van der Waals surface area contributed by atoms with E-state index in [0.717, 1.165) is 16.8 Å².